The van der Waals surface area contributed by atoms with Crippen LogP contribution < -0.4 is 0 Å². The van der Waals surface area contributed by atoms with Crippen LogP contribution in [0.25, 0.3) is 0 Å². The summed E-state index contributed by atoms with van der Waals surface area (Å²) in [6, 6.07) is 0. The topological polar surface area (TPSA) is 89.4 Å². The number of aromatic nitrogens is 2. The lowest BCUT2D eigenvalue weighted by Crippen LogP contribution is -2.25. The van der Waals surface area contributed by atoms with E-state index in [2.05, 4.69) is 14.7 Å². The molecule has 6 nitrogen and oxygen atoms in total. The second-order valence-electron chi connectivity index (χ2n) is 2.67. The van der Waals surface area contributed by atoms with E-state index < -0.39 is 29.4 Å². The van der Waals surface area contributed by atoms with Crippen LogP contribution in [-0.4, -0.2) is 34.1 Å². The van der Waals surface area contributed by atoms with Gasteiger partial charge in [0.25, 0.3) is 0 Å². The number of rotatable bonds is 3. The Hall–Kier alpha value is -1.76. The molecule has 0 aliphatic carbocycles. The van der Waals surface area contributed by atoms with Gasteiger partial charge in [0.15, 0.2) is 11.7 Å². The Morgan fingerprint density at radius 1 is 1.62 bits per heavy atom. The highest BCUT2D eigenvalue weighted by Gasteiger charge is 2.33. The Kier molecular flexibility index (Phi) is 3.73. The molecule has 0 amide bonds. The number of methoxy groups -OCH3 is 1. The normalized spacial score (nSPS) is 11.9. The van der Waals surface area contributed by atoms with Crippen molar-refractivity contribution in [1.82, 2.24) is 9.97 Å². The number of nitrogens with zero attached hydrogens (tertiary/aromatic N) is 2. The van der Waals surface area contributed by atoms with Gasteiger partial charge in [-0.3, -0.25) is 9.59 Å². The minimum absolute atomic E-state index is 0.355. The van der Waals surface area contributed by atoms with Crippen molar-refractivity contribution in [3.8, 4) is 0 Å². The van der Waals surface area contributed by atoms with Crippen LogP contribution in [0.1, 0.15) is 11.6 Å². The second kappa shape index (κ2) is 4.84. The molecule has 1 aromatic heterocycles. The quantitative estimate of drug-likeness (QED) is 0.479. The lowest BCUT2D eigenvalue weighted by Gasteiger charge is -2.09. The SMILES string of the molecule is COC(=O)C(C(=O)O)c1nc(Cl)ncc1F. The fourth-order valence-electron chi connectivity index (χ4n) is 1.01. The summed E-state index contributed by atoms with van der Waals surface area (Å²) in [6.07, 6.45) is 0.684. The van der Waals surface area contributed by atoms with Crippen LogP contribution in [0, 0.1) is 5.82 Å². The summed E-state index contributed by atoms with van der Waals surface area (Å²) in [5, 5.41) is 8.42. The van der Waals surface area contributed by atoms with E-state index in [0.717, 1.165) is 7.11 Å². The first-order valence-electron chi connectivity index (χ1n) is 3.96. The van der Waals surface area contributed by atoms with Crippen LogP contribution in [0.15, 0.2) is 6.20 Å². The number of carbonyl (C=O) groups is 2. The average molecular weight is 249 g/mol. The number of hydrogen-bond donors (Lipinski definition) is 1. The Bertz CT molecular complexity index is 440. The summed E-state index contributed by atoms with van der Waals surface area (Å²) in [6.45, 7) is 0. The third-order valence-corrected chi connectivity index (χ3v) is 1.88. The van der Waals surface area contributed by atoms with Gasteiger partial charge in [0.1, 0.15) is 5.69 Å². The van der Waals surface area contributed by atoms with Gasteiger partial charge in [-0.2, -0.15) is 0 Å². The lowest BCUT2D eigenvalue weighted by molar-refractivity contribution is -0.152. The molecule has 0 spiro atoms. The monoisotopic (exact) mass is 248 g/mol. The number of carboxylic acid groups (broad SMARTS) is 1. The molecule has 0 saturated carbocycles. The molecule has 0 fully saturated rings. The molecule has 8 heteroatoms. The first-order valence-corrected chi connectivity index (χ1v) is 4.33. The summed E-state index contributed by atoms with van der Waals surface area (Å²) in [4.78, 5) is 28.6. The minimum atomic E-state index is -1.86. The minimum Gasteiger partial charge on any atom is -0.480 e. The molecule has 1 N–H and O–H groups in total. The van der Waals surface area contributed by atoms with E-state index >= 15 is 0 Å². The molecular weight excluding hydrogens is 243 g/mol. The summed E-state index contributed by atoms with van der Waals surface area (Å²) in [5.41, 5.74) is -0.626. The van der Waals surface area contributed by atoms with Gasteiger partial charge >= 0.3 is 11.9 Å². The van der Waals surface area contributed by atoms with E-state index in [1.54, 1.807) is 0 Å². The predicted molar refractivity (Wildman–Crippen MR) is 49.4 cm³/mol. The van der Waals surface area contributed by atoms with Gasteiger partial charge in [-0.25, -0.2) is 14.4 Å². The number of carbonyl (C=O) groups excluding carboxylic acids is 1. The average Bonchev–Trinajstić information content (AvgIpc) is 2.22. The van der Waals surface area contributed by atoms with Gasteiger partial charge in [-0.1, -0.05) is 0 Å². The molecule has 1 aromatic rings. The smallest absolute Gasteiger partial charge is 0.326 e. The van der Waals surface area contributed by atoms with Crippen molar-refractivity contribution in [2.45, 2.75) is 5.92 Å². The highest BCUT2D eigenvalue weighted by Crippen LogP contribution is 2.19. The fraction of sp³-hybridized carbons (Fsp3) is 0.250. The van der Waals surface area contributed by atoms with Crippen LogP contribution in [0.3, 0.4) is 0 Å². The maximum atomic E-state index is 13.2. The molecule has 1 atom stereocenters. The third kappa shape index (κ3) is 2.43. The van der Waals surface area contributed by atoms with Gasteiger partial charge < -0.3 is 9.84 Å². The van der Waals surface area contributed by atoms with Crippen LogP contribution in [0.5, 0.6) is 0 Å². The molecule has 1 heterocycles. The van der Waals surface area contributed by atoms with Crippen molar-refractivity contribution in [2.75, 3.05) is 7.11 Å². The van der Waals surface area contributed by atoms with Crippen LogP contribution in [0.2, 0.25) is 5.28 Å². The highest BCUT2D eigenvalue weighted by atomic mass is 35.5. The third-order valence-electron chi connectivity index (χ3n) is 1.70. The molecular formula is C8H6ClFN2O4. The standard InChI is InChI=1S/C8H6ClFN2O4/c1-16-7(15)4(6(13)14)5-3(10)2-11-8(9)12-5/h2,4H,1H3,(H,13,14). The Labute approximate surface area is 94.0 Å². The van der Waals surface area contributed by atoms with Crippen molar-refractivity contribution < 1.29 is 23.8 Å². The van der Waals surface area contributed by atoms with E-state index in [9.17, 15) is 14.0 Å². The van der Waals surface area contributed by atoms with E-state index in [0.29, 0.717) is 6.20 Å². The predicted octanol–water partition coefficient (Wildman–Crippen LogP) is 0.610. The van der Waals surface area contributed by atoms with Gasteiger partial charge in [-0.15, -0.1) is 0 Å². The highest BCUT2D eigenvalue weighted by molar-refractivity contribution is 6.28. The Morgan fingerprint density at radius 2 is 2.25 bits per heavy atom. The summed E-state index contributed by atoms with van der Waals surface area (Å²) in [7, 11) is 0.985. The maximum absolute atomic E-state index is 13.2. The van der Waals surface area contributed by atoms with Gasteiger partial charge in [0, 0.05) is 0 Å². The largest absolute Gasteiger partial charge is 0.480 e. The van der Waals surface area contributed by atoms with Crippen molar-refractivity contribution >= 4 is 23.5 Å². The zero-order valence-electron chi connectivity index (χ0n) is 7.98. The van der Waals surface area contributed by atoms with Gasteiger partial charge in [0.05, 0.1) is 13.3 Å². The number of esters is 1. The first kappa shape index (κ1) is 12.3. The van der Waals surface area contributed by atoms with Crippen molar-refractivity contribution in [2.24, 2.45) is 0 Å². The molecule has 0 bridgehead atoms. The van der Waals surface area contributed by atoms with Crippen LogP contribution in [0.4, 0.5) is 4.39 Å². The molecule has 0 radical (unpaired) electrons. The van der Waals surface area contributed by atoms with Crippen molar-refractivity contribution in [1.29, 1.82) is 0 Å². The Balaban J connectivity index is 3.25. The van der Waals surface area contributed by atoms with Gasteiger partial charge in [0.2, 0.25) is 5.28 Å². The number of aliphatic carboxylic acids is 1. The summed E-state index contributed by atoms with van der Waals surface area (Å²) in [5.74, 6) is -5.62. The fourth-order valence-corrected chi connectivity index (χ4v) is 1.15. The van der Waals surface area contributed by atoms with Crippen LogP contribution in [-0.2, 0) is 14.3 Å². The van der Waals surface area contributed by atoms with Crippen LogP contribution >= 0.6 is 11.6 Å². The number of hydrogen-bond acceptors (Lipinski definition) is 5. The van der Waals surface area contributed by atoms with E-state index in [1.165, 1.54) is 0 Å². The van der Waals surface area contributed by atoms with E-state index in [1.807, 2.05) is 0 Å². The molecule has 1 unspecified atom stereocenters. The molecule has 0 aliphatic rings. The number of carboxylic acids is 1. The zero-order chi connectivity index (χ0) is 12.3. The molecule has 0 saturated heterocycles. The second-order valence-corrected chi connectivity index (χ2v) is 3.00. The number of halogens is 2. The first-order chi connectivity index (χ1) is 7.47. The van der Waals surface area contributed by atoms with E-state index in [4.69, 9.17) is 16.7 Å². The molecule has 16 heavy (non-hydrogen) atoms. The zero-order valence-corrected chi connectivity index (χ0v) is 8.73. The summed E-state index contributed by atoms with van der Waals surface area (Å²) < 4.78 is 17.5. The molecule has 0 aromatic carbocycles. The van der Waals surface area contributed by atoms with Crippen molar-refractivity contribution in [3.05, 3.63) is 23.0 Å². The van der Waals surface area contributed by atoms with Crippen molar-refractivity contribution in [3.63, 3.8) is 0 Å². The maximum Gasteiger partial charge on any atom is 0.326 e. The molecule has 0 aliphatic heterocycles. The van der Waals surface area contributed by atoms with Gasteiger partial charge in [-0.05, 0) is 11.6 Å². The van der Waals surface area contributed by atoms with E-state index in [-0.39, 0.29) is 5.28 Å². The summed E-state index contributed by atoms with van der Waals surface area (Å²) >= 11 is 5.38. The Morgan fingerprint density at radius 3 is 2.75 bits per heavy atom. The lowest BCUT2D eigenvalue weighted by atomic mass is 10.1. The number of ether oxygens (including phenoxy) is 1. The molecule has 86 valence electrons. The molecule has 1 rings (SSSR count).